The van der Waals surface area contributed by atoms with E-state index in [-0.39, 0.29) is 12.6 Å². The molecule has 1 N–H and O–H groups in total. The lowest BCUT2D eigenvalue weighted by molar-refractivity contribution is -0.152. The molecule has 0 aliphatic rings. The van der Waals surface area contributed by atoms with Gasteiger partial charge in [0, 0.05) is 12.6 Å². The van der Waals surface area contributed by atoms with Crippen molar-refractivity contribution in [3.05, 3.63) is 12.4 Å². The van der Waals surface area contributed by atoms with E-state index in [0.29, 0.717) is 13.0 Å². The minimum Gasteiger partial charge on any atom is -0.458 e. The van der Waals surface area contributed by atoms with Crippen LogP contribution in [0.4, 0.5) is 0 Å². The van der Waals surface area contributed by atoms with Crippen LogP contribution in [0.5, 0.6) is 0 Å². The Morgan fingerprint density at radius 2 is 1.64 bits per heavy atom. The topological polar surface area (TPSA) is 77.2 Å². The van der Waals surface area contributed by atoms with E-state index in [4.69, 9.17) is 4.74 Å². The molecule has 0 saturated heterocycles. The Balaban J connectivity index is 1.94. The molecule has 1 atom stereocenters. The number of nitrogens with zero attached hydrogens (tertiary/aromatic N) is 3. The van der Waals surface area contributed by atoms with E-state index < -0.39 is 6.10 Å². The highest BCUT2D eigenvalue weighted by molar-refractivity contribution is 5.69. The highest BCUT2D eigenvalue weighted by atomic mass is 16.6. The Morgan fingerprint density at radius 3 is 2.16 bits per heavy atom. The summed E-state index contributed by atoms with van der Waals surface area (Å²) in [5.74, 6) is -0.241. The van der Waals surface area contributed by atoms with E-state index in [0.717, 1.165) is 12.8 Å². The third-order valence-electron chi connectivity index (χ3n) is 4.35. The molecule has 1 aromatic heterocycles. The largest absolute Gasteiger partial charge is 0.458 e. The van der Waals surface area contributed by atoms with Crippen LogP contribution in [0.25, 0.3) is 0 Å². The quantitative estimate of drug-likeness (QED) is 0.360. The van der Waals surface area contributed by atoms with E-state index in [9.17, 15) is 9.90 Å². The predicted molar refractivity (Wildman–Crippen MR) is 98.1 cm³/mol. The first kappa shape index (κ1) is 21.6. The highest BCUT2D eigenvalue weighted by Gasteiger charge is 2.14. The van der Waals surface area contributed by atoms with Crippen LogP contribution in [-0.4, -0.2) is 38.8 Å². The lowest BCUT2D eigenvalue weighted by atomic mass is 10.1. The summed E-state index contributed by atoms with van der Waals surface area (Å²) in [5.41, 5.74) is 0. The number of carbonyl (C=O) groups is 1. The van der Waals surface area contributed by atoms with Crippen LogP contribution in [0.2, 0.25) is 0 Å². The summed E-state index contributed by atoms with van der Waals surface area (Å²) >= 11 is 0. The monoisotopic (exact) mass is 353 g/mol. The molecule has 0 aliphatic carbocycles. The minimum absolute atomic E-state index is 0.205. The fraction of sp³-hybridized carbons (Fsp3) is 0.842. The van der Waals surface area contributed by atoms with Crippen molar-refractivity contribution < 1.29 is 14.6 Å². The number of aliphatic hydroxyl groups is 1. The zero-order valence-electron chi connectivity index (χ0n) is 15.7. The number of unbranched alkanes of at least 4 members (excludes halogenated alkanes) is 10. The molecule has 0 radical (unpaired) electrons. The summed E-state index contributed by atoms with van der Waals surface area (Å²) in [7, 11) is 0. The Labute approximate surface area is 152 Å². The van der Waals surface area contributed by atoms with E-state index in [1.165, 1.54) is 57.8 Å². The van der Waals surface area contributed by atoms with Gasteiger partial charge in [-0.15, -0.1) is 5.10 Å². The summed E-state index contributed by atoms with van der Waals surface area (Å²) < 4.78 is 6.84. The normalized spacial score (nSPS) is 12.2. The van der Waals surface area contributed by atoms with Crippen LogP contribution in [0.1, 0.15) is 84.0 Å². The average Bonchev–Trinajstić information content (AvgIpc) is 3.12. The fourth-order valence-electron chi connectivity index (χ4n) is 2.85. The van der Waals surface area contributed by atoms with Crippen molar-refractivity contribution in [3.63, 3.8) is 0 Å². The van der Waals surface area contributed by atoms with Crippen molar-refractivity contribution in [2.45, 2.75) is 96.6 Å². The maximum absolute atomic E-state index is 11.8. The number of rotatable bonds is 16. The number of carbonyl (C=O) groups excluding carboxylic acids is 1. The molecule has 1 aromatic rings. The summed E-state index contributed by atoms with van der Waals surface area (Å²) in [5, 5.41) is 16.8. The second kappa shape index (κ2) is 14.9. The second-order valence-corrected chi connectivity index (χ2v) is 6.71. The zero-order valence-corrected chi connectivity index (χ0v) is 15.7. The molecule has 0 spiro atoms. The van der Waals surface area contributed by atoms with Crippen molar-refractivity contribution >= 4 is 5.97 Å². The first-order valence-electron chi connectivity index (χ1n) is 9.90. The van der Waals surface area contributed by atoms with Gasteiger partial charge in [0.05, 0.1) is 19.3 Å². The first-order chi connectivity index (χ1) is 12.3. The van der Waals surface area contributed by atoms with Gasteiger partial charge < -0.3 is 9.84 Å². The van der Waals surface area contributed by atoms with E-state index >= 15 is 0 Å². The summed E-state index contributed by atoms with van der Waals surface area (Å²) in [6.45, 7) is 2.38. The molecular formula is C19H35N3O3. The third-order valence-corrected chi connectivity index (χ3v) is 4.35. The third kappa shape index (κ3) is 11.7. The van der Waals surface area contributed by atoms with Crippen molar-refractivity contribution in [1.29, 1.82) is 0 Å². The molecule has 6 nitrogen and oxygen atoms in total. The molecule has 1 unspecified atom stereocenters. The summed E-state index contributed by atoms with van der Waals surface area (Å²) in [4.78, 5) is 11.8. The molecule has 0 aliphatic heterocycles. The Bertz CT molecular complexity index is 424. The van der Waals surface area contributed by atoms with Gasteiger partial charge in [-0.05, 0) is 6.42 Å². The molecule has 1 rings (SSSR count). The standard InChI is InChI=1S/C19H35N3O3/c1-2-3-4-5-6-7-8-9-10-11-12-13-19(24)25-18(17-23)16-22-15-14-20-21-22/h14-15,18,23H,2-13,16-17H2,1H3. The van der Waals surface area contributed by atoms with Crippen molar-refractivity contribution in [2.75, 3.05) is 6.61 Å². The maximum Gasteiger partial charge on any atom is 0.306 e. The van der Waals surface area contributed by atoms with Crippen LogP contribution in [0.15, 0.2) is 12.4 Å². The number of hydrogen-bond donors (Lipinski definition) is 1. The van der Waals surface area contributed by atoms with Gasteiger partial charge >= 0.3 is 5.97 Å². The van der Waals surface area contributed by atoms with Crippen molar-refractivity contribution in [2.24, 2.45) is 0 Å². The molecule has 0 amide bonds. The average molecular weight is 354 g/mol. The molecule has 6 heteroatoms. The molecule has 0 aromatic carbocycles. The van der Waals surface area contributed by atoms with Gasteiger partial charge in [0.25, 0.3) is 0 Å². The lowest BCUT2D eigenvalue weighted by Crippen LogP contribution is -2.27. The van der Waals surface area contributed by atoms with Gasteiger partial charge in [0.2, 0.25) is 0 Å². The van der Waals surface area contributed by atoms with Crippen LogP contribution in [0, 0.1) is 0 Å². The highest BCUT2D eigenvalue weighted by Crippen LogP contribution is 2.12. The molecule has 1 heterocycles. The number of ether oxygens (including phenoxy) is 1. The van der Waals surface area contributed by atoms with E-state index in [1.807, 2.05) is 0 Å². The first-order valence-corrected chi connectivity index (χ1v) is 9.90. The molecule has 0 saturated carbocycles. The Hall–Kier alpha value is -1.43. The smallest absolute Gasteiger partial charge is 0.306 e. The van der Waals surface area contributed by atoms with Crippen LogP contribution in [-0.2, 0) is 16.1 Å². The van der Waals surface area contributed by atoms with Gasteiger partial charge in [0.15, 0.2) is 0 Å². The predicted octanol–water partition coefficient (Wildman–Crippen LogP) is 3.88. The van der Waals surface area contributed by atoms with Crippen molar-refractivity contribution in [1.82, 2.24) is 15.0 Å². The van der Waals surface area contributed by atoms with Crippen LogP contribution in [0.3, 0.4) is 0 Å². The van der Waals surface area contributed by atoms with Gasteiger partial charge in [-0.1, -0.05) is 76.3 Å². The maximum atomic E-state index is 11.8. The minimum atomic E-state index is -0.554. The Morgan fingerprint density at radius 1 is 1.04 bits per heavy atom. The molecule has 25 heavy (non-hydrogen) atoms. The van der Waals surface area contributed by atoms with Crippen LogP contribution >= 0.6 is 0 Å². The van der Waals surface area contributed by atoms with Gasteiger partial charge in [0.1, 0.15) is 6.10 Å². The lowest BCUT2D eigenvalue weighted by Gasteiger charge is -2.15. The van der Waals surface area contributed by atoms with E-state index in [2.05, 4.69) is 17.2 Å². The van der Waals surface area contributed by atoms with Gasteiger partial charge in [-0.25, -0.2) is 4.68 Å². The number of esters is 1. The molecule has 0 fully saturated rings. The number of aliphatic hydroxyl groups excluding tert-OH is 1. The summed E-state index contributed by atoms with van der Waals surface area (Å²) in [6.07, 6.45) is 16.9. The second-order valence-electron chi connectivity index (χ2n) is 6.71. The fourth-order valence-corrected chi connectivity index (χ4v) is 2.85. The van der Waals surface area contributed by atoms with E-state index in [1.54, 1.807) is 17.1 Å². The van der Waals surface area contributed by atoms with Gasteiger partial charge in [-0.2, -0.15) is 0 Å². The Kier molecular flexibility index (Phi) is 12.9. The number of hydrogen-bond acceptors (Lipinski definition) is 5. The SMILES string of the molecule is CCCCCCCCCCCCCC(=O)OC(CO)Cn1ccnn1. The molecule has 144 valence electrons. The van der Waals surface area contributed by atoms with Crippen molar-refractivity contribution in [3.8, 4) is 0 Å². The molecule has 0 bridgehead atoms. The number of aromatic nitrogens is 3. The zero-order chi connectivity index (χ0) is 18.2. The van der Waals surface area contributed by atoms with Gasteiger partial charge in [-0.3, -0.25) is 4.79 Å². The van der Waals surface area contributed by atoms with Crippen LogP contribution < -0.4 is 0 Å². The molecular weight excluding hydrogens is 318 g/mol. The summed E-state index contributed by atoms with van der Waals surface area (Å²) in [6, 6.07) is 0.